The van der Waals surface area contributed by atoms with E-state index in [1.54, 1.807) is 24.3 Å². The normalized spacial score (nSPS) is 14.9. The van der Waals surface area contributed by atoms with Crippen LogP contribution in [-0.4, -0.2) is 57.9 Å². The van der Waals surface area contributed by atoms with Crippen molar-refractivity contribution in [3.63, 3.8) is 0 Å². The number of ether oxygens (including phenoxy) is 1. The second-order valence-electron chi connectivity index (χ2n) is 11.3. The van der Waals surface area contributed by atoms with E-state index in [0.717, 1.165) is 12.0 Å². The third kappa shape index (κ3) is 10.9. The standard InChI is InChI=1S/C31H45N3O6S/c1-8-20(4)14-28(36)34(7)26(19(2)3)17-27(40-22(6)35)30-33-25(18-41-30)29(37)32-24(15-21(5)31(38)39)16-23-12-10-9-11-13-23/h9-13,18-21,24,26-27H,8,14-17H2,1-7H3,(H,32,37)(H,38,39)/t20-,21-,24+,26+,27+/m0/s1. The maximum Gasteiger partial charge on any atom is 0.306 e. The predicted octanol–water partition coefficient (Wildman–Crippen LogP) is 5.51. The number of hydrogen-bond acceptors (Lipinski definition) is 7. The maximum absolute atomic E-state index is 13.2. The molecule has 0 fully saturated rings. The summed E-state index contributed by atoms with van der Waals surface area (Å²) in [5.74, 6) is -2.06. The summed E-state index contributed by atoms with van der Waals surface area (Å²) >= 11 is 1.22. The van der Waals surface area contributed by atoms with Gasteiger partial charge in [0, 0.05) is 44.3 Å². The number of rotatable bonds is 16. The smallest absolute Gasteiger partial charge is 0.306 e. The van der Waals surface area contributed by atoms with Gasteiger partial charge in [-0.25, -0.2) is 4.98 Å². The lowest BCUT2D eigenvalue weighted by molar-refractivity contribution is -0.148. The van der Waals surface area contributed by atoms with Crippen molar-refractivity contribution in [1.29, 1.82) is 0 Å². The highest BCUT2D eigenvalue weighted by molar-refractivity contribution is 7.09. The zero-order chi connectivity index (χ0) is 30.7. The Bertz CT molecular complexity index is 1150. The number of carbonyl (C=O) groups is 4. The molecule has 5 atom stereocenters. The Morgan fingerprint density at radius 1 is 1.07 bits per heavy atom. The molecule has 2 aromatic rings. The molecule has 0 saturated carbocycles. The van der Waals surface area contributed by atoms with E-state index in [1.165, 1.54) is 18.3 Å². The van der Waals surface area contributed by atoms with E-state index in [9.17, 15) is 24.3 Å². The molecule has 1 aromatic heterocycles. The van der Waals surface area contributed by atoms with Crippen LogP contribution in [0.2, 0.25) is 0 Å². The number of benzene rings is 1. The molecule has 0 radical (unpaired) electrons. The number of aromatic nitrogens is 1. The van der Waals surface area contributed by atoms with Gasteiger partial charge in [-0.15, -0.1) is 11.3 Å². The molecule has 0 aliphatic heterocycles. The molecule has 2 amide bonds. The van der Waals surface area contributed by atoms with Gasteiger partial charge in [0.2, 0.25) is 5.91 Å². The van der Waals surface area contributed by atoms with Gasteiger partial charge >= 0.3 is 11.9 Å². The van der Waals surface area contributed by atoms with E-state index in [-0.39, 0.29) is 35.9 Å². The largest absolute Gasteiger partial charge is 0.481 e. The van der Waals surface area contributed by atoms with Crippen molar-refractivity contribution in [3.8, 4) is 0 Å². The zero-order valence-corrected chi connectivity index (χ0v) is 26.1. The fourth-order valence-electron chi connectivity index (χ4n) is 4.69. The molecule has 9 nitrogen and oxygen atoms in total. The molecule has 41 heavy (non-hydrogen) atoms. The van der Waals surface area contributed by atoms with Gasteiger partial charge < -0.3 is 20.1 Å². The Balaban J connectivity index is 2.24. The summed E-state index contributed by atoms with van der Waals surface area (Å²) in [7, 11) is 1.78. The van der Waals surface area contributed by atoms with E-state index >= 15 is 0 Å². The first-order chi connectivity index (χ1) is 19.3. The Morgan fingerprint density at radius 3 is 2.29 bits per heavy atom. The predicted molar refractivity (Wildman–Crippen MR) is 160 cm³/mol. The van der Waals surface area contributed by atoms with Crippen molar-refractivity contribution >= 4 is 35.1 Å². The van der Waals surface area contributed by atoms with Gasteiger partial charge in [0.05, 0.1) is 5.92 Å². The van der Waals surface area contributed by atoms with Crippen LogP contribution in [0, 0.1) is 17.8 Å². The Hall–Kier alpha value is -3.27. The number of aliphatic carboxylic acids is 1. The highest BCUT2D eigenvalue weighted by atomic mass is 32.1. The third-order valence-electron chi connectivity index (χ3n) is 7.39. The Morgan fingerprint density at radius 2 is 1.73 bits per heavy atom. The van der Waals surface area contributed by atoms with E-state index in [0.29, 0.717) is 24.3 Å². The van der Waals surface area contributed by atoms with Crippen LogP contribution in [0.3, 0.4) is 0 Å². The zero-order valence-electron chi connectivity index (χ0n) is 25.3. The number of carboxylic acid groups (broad SMARTS) is 1. The summed E-state index contributed by atoms with van der Waals surface area (Å²) in [6.45, 7) is 11.1. The van der Waals surface area contributed by atoms with Gasteiger partial charge in [-0.2, -0.15) is 0 Å². The number of carboxylic acids is 1. The fraction of sp³-hybridized carbons (Fsp3) is 0.581. The first-order valence-electron chi connectivity index (χ1n) is 14.3. The van der Waals surface area contributed by atoms with Crippen LogP contribution in [0.15, 0.2) is 35.7 Å². The van der Waals surface area contributed by atoms with Crippen molar-refractivity contribution < 1.29 is 29.0 Å². The fourth-order valence-corrected chi connectivity index (χ4v) is 5.53. The average molecular weight is 588 g/mol. The minimum absolute atomic E-state index is 0.0406. The molecule has 226 valence electrons. The van der Waals surface area contributed by atoms with Crippen molar-refractivity contribution in [3.05, 3.63) is 52.0 Å². The van der Waals surface area contributed by atoms with E-state index in [4.69, 9.17) is 4.74 Å². The molecule has 0 spiro atoms. The SMILES string of the molecule is CC[C@H](C)CC(=O)N(C)[C@H](C[C@@H](OC(C)=O)c1nc(C(=O)N[C@@H](Cc2ccccc2)C[C@H](C)C(=O)O)cs1)C(C)C. The van der Waals surface area contributed by atoms with Crippen LogP contribution < -0.4 is 5.32 Å². The highest BCUT2D eigenvalue weighted by Crippen LogP contribution is 2.31. The Labute approximate surface area is 247 Å². The molecular weight excluding hydrogens is 542 g/mol. The summed E-state index contributed by atoms with van der Waals surface area (Å²) in [5, 5.41) is 14.5. The first-order valence-corrected chi connectivity index (χ1v) is 15.2. The summed E-state index contributed by atoms with van der Waals surface area (Å²) in [4.78, 5) is 56.0. The van der Waals surface area contributed by atoms with E-state index in [1.807, 2.05) is 51.1 Å². The monoisotopic (exact) mass is 587 g/mol. The summed E-state index contributed by atoms with van der Waals surface area (Å²) in [6, 6.07) is 8.95. The molecule has 0 saturated heterocycles. The second kappa shape index (κ2) is 16.2. The molecule has 10 heteroatoms. The van der Waals surface area contributed by atoms with Crippen LogP contribution in [0.25, 0.3) is 0 Å². The molecule has 1 aromatic carbocycles. The van der Waals surface area contributed by atoms with Gasteiger partial charge in [-0.3, -0.25) is 19.2 Å². The lowest BCUT2D eigenvalue weighted by atomic mass is 9.95. The molecule has 2 N–H and O–H groups in total. The maximum atomic E-state index is 13.2. The van der Waals surface area contributed by atoms with E-state index in [2.05, 4.69) is 17.2 Å². The number of amides is 2. The van der Waals surface area contributed by atoms with Crippen LogP contribution in [0.4, 0.5) is 0 Å². The van der Waals surface area contributed by atoms with Gasteiger partial charge in [-0.05, 0) is 30.2 Å². The topological polar surface area (TPSA) is 126 Å². The molecule has 2 rings (SSSR count). The quantitative estimate of drug-likeness (QED) is 0.248. The van der Waals surface area contributed by atoms with Crippen molar-refractivity contribution in [2.75, 3.05) is 7.05 Å². The minimum Gasteiger partial charge on any atom is -0.481 e. The van der Waals surface area contributed by atoms with E-state index < -0.39 is 35.9 Å². The molecule has 0 bridgehead atoms. The molecular formula is C31H45N3O6S. The number of nitrogens with zero attached hydrogens (tertiary/aromatic N) is 2. The van der Waals surface area contributed by atoms with Gasteiger partial charge in [-0.1, -0.05) is 71.4 Å². The highest BCUT2D eigenvalue weighted by Gasteiger charge is 2.31. The number of esters is 1. The second-order valence-corrected chi connectivity index (χ2v) is 12.2. The van der Waals surface area contributed by atoms with Crippen LogP contribution >= 0.6 is 11.3 Å². The molecule has 0 aliphatic rings. The van der Waals surface area contributed by atoms with Crippen molar-refractivity contribution in [2.24, 2.45) is 17.8 Å². The third-order valence-corrected chi connectivity index (χ3v) is 8.33. The van der Waals surface area contributed by atoms with Crippen LogP contribution in [0.5, 0.6) is 0 Å². The Kier molecular flexibility index (Phi) is 13.4. The summed E-state index contributed by atoms with van der Waals surface area (Å²) in [5.41, 5.74) is 1.15. The van der Waals surface area contributed by atoms with Crippen molar-refractivity contribution in [1.82, 2.24) is 15.2 Å². The lowest BCUT2D eigenvalue weighted by Gasteiger charge is -2.34. The number of thiazole rings is 1. The number of carbonyl (C=O) groups excluding carboxylic acids is 3. The molecule has 0 unspecified atom stereocenters. The van der Waals surface area contributed by atoms with Crippen LogP contribution in [-0.2, 0) is 25.5 Å². The number of nitrogens with one attached hydrogen (secondary N) is 1. The average Bonchev–Trinajstić information content (AvgIpc) is 3.41. The summed E-state index contributed by atoms with van der Waals surface area (Å²) in [6.07, 6.45) is 1.72. The number of hydrogen-bond donors (Lipinski definition) is 2. The molecule has 1 heterocycles. The van der Waals surface area contributed by atoms with Gasteiger partial charge in [0.15, 0.2) is 6.10 Å². The summed E-state index contributed by atoms with van der Waals surface area (Å²) < 4.78 is 5.66. The lowest BCUT2D eigenvalue weighted by Crippen LogP contribution is -2.42. The van der Waals surface area contributed by atoms with Gasteiger partial charge in [0.25, 0.3) is 5.91 Å². The van der Waals surface area contributed by atoms with Gasteiger partial charge in [0.1, 0.15) is 10.7 Å². The van der Waals surface area contributed by atoms with Crippen LogP contribution in [0.1, 0.15) is 94.4 Å². The first kappa shape index (κ1) is 33.9. The molecule has 0 aliphatic carbocycles. The minimum atomic E-state index is -0.926. The van der Waals surface area contributed by atoms with Crippen molar-refractivity contribution in [2.45, 2.75) is 91.8 Å².